The Morgan fingerprint density at radius 1 is 1.12 bits per heavy atom. The molecule has 0 saturated heterocycles. The van der Waals surface area contributed by atoms with E-state index in [1.54, 1.807) is 17.0 Å². The molecular weight excluding hydrogens is 337 g/mol. The molecule has 2 aromatic carbocycles. The molecule has 1 amide bonds. The number of benzene rings is 2. The maximum Gasteiger partial charge on any atom is 0.237 e. The van der Waals surface area contributed by atoms with E-state index in [9.17, 15) is 9.18 Å². The zero-order valence-electron chi connectivity index (χ0n) is 14.1. The highest BCUT2D eigenvalue weighted by Crippen LogP contribution is 2.26. The van der Waals surface area contributed by atoms with Crippen LogP contribution in [0.25, 0.3) is 10.9 Å². The lowest BCUT2D eigenvalue weighted by molar-refractivity contribution is -0.116. The van der Waals surface area contributed by atoms with E-state index >= 15 is 0 Å². The Bertz CT molecular complexity index is 899. The Balaban J connectivity index is 1.78. The predicted molar refractivity (Wildman–Crippen MR) is 99.4 cm³/mol. The molecule has 0 aliphatic carbocycles. The third-order valence-electron chi connectivity index (χ3n) is 3.77. The molecule has 0 saturated carbocycles. The SMILES string of the molecule is CCN(C(=O)CSc1nc(C)nc2ccccc12)c1ccc(F)cc1. The van der Waals surface area contributed by atoms with E-state index in [0.29, 0.717) is 18.1 Å². The van der Waals surface area contributed by atoms with Crippen LogP contribution in [0.2, 0.25) is 0 Å². The van der Waals surface area contributed by atoms with Crippen LogP contribution in [0.1, 0.15) is 12.7 Å². The standard InChI is InChI=1S/C19H18FN3OS/c1-3-23(15-10-8-14(20)9-11-15)18(24)12-25-19-16-6-4-5-7-17(16)21-13(2)22-19/h4-11H,3,12H2,1-2H3. The molecule has 1 heterocycles. The van der Waals surface area contributed by atoms with E-state index in [4.69, 9.17) is 0 Å². The van der Waals surface area contributed by atoms with Crippen LogP contribution >= 0.6 is 11.8 Å². The van der Waals surface area contributed by atoms with Gasteiger partial charge in [-0.15, -0.1) is 0 Å². The van der Waals surface area contributed by atoms with Gasteiger partial charge in [0.1, 0.15) is 16.7 Å². The van der Waals surface area contributed by atoms with Gasteiger partial charge in [0.2, 0.25) is 5.91 Å². The summed E-state index contributed by atoms with van der Waals surface area (Å²) in [6, 6.07) is 13.7. The number of nitrogens with zero attached hydrogens (tertiary/aromatic N) is 3. The normalized spacial score (nSPS) is 10.8. The Labute approximate surface area is 150 Å². The molecule has 6 heteroatoms. The lowest BCUT2D eigenvalue weighted by atomic mass is 10.2. The number of carbonyl (C=O) groups is 1. The number of rotatable bonds is 5. The number of para-hydroxylation sites is 1. The molecule has 0 aliphatic rings. The fraction of sp³-hybridized carbons (Fsp3) is 0.211. The summed E-state index contributed by atoms with van der Waals surface area (Å²) in [6.07, 6.45) is 0. The van der Waals surface area contributed by atoms with Crippen molar-refractivity contribution in [2.24, 2.45) is 0 Å². The van der Waals surface area contributed by atoms with Crippen LogP contribution in [0, 0.1) is 12.7 Å². The number of hydrogen-bond acceptors (Lipinski definition) is 4. The van der Waals surface area contributed by atoms with Gasteiger partial charge in [0, 0.05) is 17.6 Å². The van der Waals surface area contributed by atoms with E-state index in [0.717, 1.165) is 15.9 Å². The van der Waals surface area contributed by atoms with Gasteiger partial charge in [-0.2, -0.15) is 0 Å². The van der Waals surface area contributed by atoms with Crippen LogP contribution in [0.4, 0.5) is 10.1 Å². The minimum absolute atomic E-state index is 0.0422. The summed E-state index contributed by atoms with van der Waals surface area (Å²) in [7, 11) is 0. The van der Waals surface area contributed by atoms with Crippen molar-refractivity contribution in [1.29, 1.82) is 0 Å². The number of aryl methyl sites for hydroxylation is 1. The van der Waals surface area contributed by atoms with Gasteiger partial charge in [0.25, 0.3) is 0 Å². The van der Waals surface area contributed by atoms with Crippen LogP contribution < -0.4 is 4.90 Å². The van der Waals surface area contributed by atoms with Crippen molar-refractivity contribution in [3.05, 3.63) is 60.2 Å². The Morgan fingerprint density at radius 2 is 1.84 bits per heavy atom. The first-order valence-electron chi connectivity index (χ1n) is 8.00. The molecule has 0 N–H and O–H groups in total. The molecule has 3 rings (SSSR count). The number of anilines is 1. The molecule has 3 aromatic rings. The van der Waals surface area contributed by atoms with E-state index in [2.05, 4.69) is 9.97 Å². The quantitative estimate of drug-likeness (QED) is 0.508. The summed E-state index contributed by atoms with van der Waals surface area (Å²) in [5, 5.41) is 1.74. The minimum Gasteiger partial charge on any atom is -0.312 e. The van der Waals surface area contributed by atoms with Gasteiger partial charge in [0.05, 0.1) is 11.3 Å². The van der Waals surface area contributed by atoms with E-state index in [1.807, 2.05) is 38.1 Å². The molecule has 128 valence electrons. The third kappa shape index (κ3) is 3.96. The number of carbonyl (C=O) groups excluding carboxylic acids is 1. The maximum atomic E-state index is 13.1. The first-order valence-corrected chi connectivity index (χ1v) is 8.99. The first-order chi connectivity index (χ1) is 12.1. The van der Waals surface area contributed by atoms with Gasteiger partial charge in [-0.1, -0.05) is 30.0 Å². The van der Waals surface area contributed by atoms with Crippen LogP contribution in [-0.4, -0.2) is 28.2 Å². The minimum atomic E-state index is -0.315. The van der Waals surface area contributed by atoms with Crippen molar-refractivity contribution >= 4 is 34.3 Å². The third-order valence-corrected chi connectivity index (χ3v) is 4.74. The average Bonchev–Trinajstić information content (AvgIpc) is 2.61. The highest BCUT2D eigenvalue weighted by Gasteiger charge is 2.16. The Hall–Kier alpha value is -2.47. The second kappa shape index (κ2) is 7.61. The predicted octanol–water partition coefficient (Wildman–Crippen LogP) is 4.22. The highest BCUT2D eigenvalue weighted by molar-refractivity contribution is 8.00. The zero-order valence-corrected chi connectivity index (χ0v) is 14.9. The highest BCUT2D eigenvalue weighted by atomic mass is 32.2. The average molecular weight is 355 g/mol. The lowest BCUT2D eigenvalue weighted by Gasteiger charge is -2.21. The molecule has 0 radical (unpaired) electrons. The van der Waals surface area contributed by atoms with Crippen molar-refractivity contribution in [1.82, 2.24) is 9.97 Å². The summed E-state index contributed by atoms with van der Waals surface area (Å²) in [4.78, 5) is 23.2. The van der Waals surface area contributed by atoms with E-state index < -0.39 is 0 Å². The molecule has 4 nitrogen and oxygen atoms in total. The van der Waals surface area contributed by atoms with E-state index in [-0.39, 0.29) is 17.5 Å². The topological polar surface area (TPSA) is 46.1 Å². The summed E-state index contributed by atoms with van der Waals surface area (Å²) in [6.45, 7) is 4.26. The van der Waals surface area contributed by atoms with Gasteiger partial charge >= 0.3 is 0 Å². The number of thioether (sulfide) groups is 1. The summed E-state index contributed by atoms with van der Waals surface area (Å²) >= 11 is 1.40. The molecule has 1 aromatic heterocycles. The Kier molecular flexibility index (Phi) is 5.28. The van der Waals surface area contributed by atoms with Gasteiger partial charge in [-0.05, 0) is 44.2 Å². The van der Waals surface area contributed by atoms with Gasteiger partial charge in [-0.25, -0.2) is 14.4 Å². The molecule has 0 atom stereocenters. The van der Waals surface area contributed by atoms with Crippen molar-refractivity contribution in [2.75, 3.05) is 17.2 Å². The fourth-order valence-corrected chi connectivity index (χ4v) is 3.54. The number of aromatic nitrogens is 2. The van der Waals surface area contributed by atoms with Gasteiger partial charge in [0.15, 0.2) is 0 Å². The summed E-state index contributed by atoms with van der Waals surface area (Å²) < 4.78 is 13.1. The van der Waals surface area contributed by atoms with Crippen molar-refractivity contribution in [3.63, 3.8) is 0 Å². The monoisotopic (exact) mass is 355 g/mol. The molecule has 25 heavy (non-hydrogen) atoms. The number of halogens is 1. The van der Waals surface area contributed by atoms with Gasteiger partial charge < -0.3 is 4.90 Å². The fourth-order valence-electron chi connectivity index (χ4n) is 2.60. The Morgan fingerprint density at radius 3 is 2.56 bits per heavy atom. The van der Waals surface area contributed by atoms with Crippen LogP contribution in [0.5, 0.6) is 0 Å². The maximum absolute atomic E-state index is 13.1. The van der Waals surface area contributed by atoms with E-state index in [1.165, 1.54) is 23.9 Å². The van der Waals surface area contributed by atoms with Crippen molar-refractivity contribution < 1.29 is 9.18 Å². The molecule has 0 bridgehead atoms. The molecule has 0 aliphatic heterocycles. The number of hydrogen-bond donors (Lipinski definition) is 0. The van der Waals surface area contributed by atoms with Crippen LogP contribution in [0.3, 0.4) is 0 Å². The molecule has 0 spiro atoms. The van der Waals surface area contributed by atoms with Crippen LogP contribution in [-0.2, 0) is 4.79 Å². The van der Waals surface area contributed by atoms with Crippen LogP contribution in [0.15, 0.2) is 53.6 Å². The first kappa shape index (κ1) is 17.4. The summed E-state index contributed by atoms with van der Waals surface area (Å²) in [5.41, 5.74) is 1.56. The molecule has 0 fully saturated rings. The zero-order chi connectivity index (χ0) is 17.8. The number of fused-ring (bicyclic) bond motifs is 1. The smallest absolute Gasteiger partial charge is 0.237 e. The molecule has 0 unspecified atom stereocenters. The van der Waals surface area contributed by atoms with Crippen molar-refractivity contribution in [3.8, 4) is 0 Å². The van der Waals surface area contributed by atoms with Gasteiger partial charge in [-0.3, -0.25) is 4.79 Å². The number of amides is 1. The second-order valence-electron chi connectivity index (χ2n) is 5.50. The largest absolute Gasteiger partial charge is 0.312 e. The second-order valence-corrected chi connectivity index (χ2v) is 6.46. The molecular formula is C19H18FN3OS. The summed E-state index contributed by atoms with van der Waals surface area (Å²) in [5.74, 6) is 0.578. The van der Waals surface area contributed by atoms with Crippen molar-refractivity contribution in [2.45, 2.75) is 18.9 Å². The lowest BCUT2D eigenvalue weighted by Crippen LogP contribution is -2.32.